The van der Waals surface area contributed by atoms with Crippen LogP contribution in [0.5, 0.6) is 0 Å². The monoisotopic (exact) mass is 711 g/mol. The van der Waals surface area contributed by atoms with E-state index in [4.69, 9.17) is 0 Å². The first-order chi connectivity index (χ1) is 19.4. The number of aryl methyl sites for hydroxylation is 2. The molecular formula is C38H32N2Pt+2. The van der Waals surface area contributed by atoms with Crippen LogP contribution in [0.1, 0.15) is 22.3 Å². The Balaban J connectivity index is 0.00000302. The molecule has 4 bridgehead atoms. The molecule has 1 aliphatic heterocycles. The molecule has 0 aromatic heterocycles. The molecule has 0 radical (unpaired) electrons. The maximum absolute atomic E-state index is 3.82. The van der Waals surface area contributed by atoms with Crippen LogP contribution in [0, 0.1) is 26.0 Å². The molecule has 1 aliphatic rings. The van der Waals surface area contributed by atoms with Crippen LogP contribution in [0.2, 0.25) is 0 Å². The summed E-state index contributed by atoms with van der Waals surface area (Å²) < 4.78 is 0. The minimum atomic E-state index is 0. The van der Waals surface area contributed by atoms with Crippen molar-refractivity contribution in [3.05, 3.63) is 131 Å². The summed E-state index contributed by atoms with van der Waals surface area (Å²) in [7, 11) is 4.39. The molecular weight excluding hydrogens is 680 g/mol. The third-order valence-corrected chi connectivity index (χ3v) is 8.08. The van der Waals surface area contributed by atoms with E-state index in [1.807, 2.05) is 0 Å². The Morgan fingerprint density at radius 3 is 1.27 bits per heavy atom. The van der Waals surface area contributed by atoms with Gasteiger partial charge in [-0.15, -0.1) is 69.8 Å². The Bertz CT molecular complexity index is 1780. The fraction of sp³-hybridized carbons (Fsp3) is 0.158. The summed E-state index contributed by atoms with van der Waals surface area (Å²) in [5.41, 5.74) is 12.0. The van der Waals surface area contributed by atoms with Gasteiger partial charge in [-0.1, -0.05) is 85.6 Å². The van der Waals surface area contributed by atoms with Crippen LogP contribution in [-0.4, -0.2) is 14.1 Å². The van der Waals surface area contributed by atoms with Crippen LogP contribution in [0.4, 0.5) is 11.4 Å². The second kappa shape index (κ2) is 10.8. The van der Waals surface area contributed by atoms with Crippen molar-refractivity contribution in [3.8, 4) is 22.3 Å². The molecule has 0 N–H and O–H groups in total. The van der Waals surface area contributed by atoms with Gasteiger partial charge in [0.05, 0.1) is 0 Å². The van der Waals surface area contributed by atoms with Gasteiger partial charge in [0.15, 0.2) is 0 Å². The first-order valence-electron chi connectivity index (χ1n) is 14.0. The Kier molecular flexibility index (Phi) is 7.22. The molecule has 0 unspecified atom stereocenters. The van der Waals surface area contributed by atoms with Crippen LogP contribution < -0.4 is 9.80 Å². The minimum Gasteiger partial charge on any atom is -0.379 e. The molecule has 2 nitrogen and oxygen atoms in total. The fourth-order valence-corrected chi connectivity index (χ4v) is 6.24. The molecule has 202 valence electrons. The maximum Gasteiger partial charge on any atom is 4.00 e. The molecule has 41 heavy (non-hydrogen) atoms. The first-order valence-corrected chi connectivity index (χ1v) is 14.0. The Morgan fingerprint density at radius 2 is 0.878 bits per heavy atom. The molecule has 0 spiro atoms. The molecule has 0 amide bonds. The number of hydrogen-bond acceptors (Lipinski definition) is 2. The van der Waals surface area contributed by atoms with Crippen molar-refractivity contribution in [1.82, 2.24) is 0 Å². The molecule has 0 saturated heterocycles. The standard InChI is InChI=1S/C38H32N2.Pt/c1-25-13-27-17-33(15-25)35-19-29-9-5-7-11-31(29)21-37(35)40(4)24-28-14-26(2)16-34(18-28)36-20-30-10-6-8-12-32(30)22-38(36)39(3)23-27;/h5-16,19-22H,23-24H2,1-4H3;/q-2;+4. The van der Waals surface area contributed by atoms with E-state index in [1.165, 1.54) is 66.3 Å². The van der Waals surface area contributed by atoms with Gasteiger partial charge in [-0.05, 0) is 33.7 Å². The van der Waals surface area contributed by atoms with Crippen molar-refractivity contribution in [2.24, 2.45) is 0 Å². The van der Waals surface area contributed by atoms with Crippen LogP contribution in [0.3, 0.4) is 0 Å². The van der Waals surface area contributed by atoms with E-state index in [2.05, 4.69) is 147 Å². The van der Waals surface area contributed by atoms with Gasteiger partial charge in [-0.25, -0.2) is 0 Å². The summed E-state index contributed by atoms with van der Waals surface area (Å²) in [5.74, 6) is 0. The molecule has 0 fully saturated rings. The summed E-state index contributed by atoms with van der Waals surface area (Å²) >= 11 is 0. The number of rotatable bonds is 0. The summed E-state index contributed by atoms with van der Waals surface area (Å²) in [6.07, 6.45) is 0. The van der Waals surface area contributed by atoms with Gasteiger partial charge in [-0.3, -0.25) is 0 Å². The number of benzene rings is 6. The van der Waals surface area contributed by atoms with E-state index in [-0.39, 0.29) is 21.1 Å². The molecule has 7 rings (SSSR count). The van der Waals surface area contributed by atoms with Crippen molar-refractivity contribution in [1.29, 1.82) is 0 Å². The number of nitrogens with zero attached hydrogens (tertiary/aromatic N) is 2. The quantitative estimate of drug-likeness (QED) is 0.145. The van der Waals surface area contributed by atoms with Crippen molar-refractivity contribution in [2.45, 2.75) is 26.9 Å². The van der Waals surface area contributed by atoms with Crippen LogP contribution in [0.15, 0.2) is 97.1 Å². The molecule has 6 aromatic carbocycles. The number of fused-ring (bicyclic) bond motifs is 10. The van der Waals surface area contributed by atoms with Gasteiger partial charge in [0, 0.05) is 38.6 Å². The van der Waals surface area contributed by atoms with E-state index in [9.17, 15) is 0 Å². The number of anilines is 2. The van der Waals surface area contributed by atoms with E-state index in [1.54, 1.807) is 0 Å². The second-order valence-electron chi connectivity index (χ2n) is 11.3. The fourth-order valence-electron chi connectivity index (χ4n) is 6.24. The van der Waals surface area contributed by atoms with Crippen molar-refractivity contribution < 1.29 is 21.1 Å². The van der Waals surface area contributed by atoms with E-state index < -0.39 is 0 Å². The first kappa shape index (κ1) is 27.3. The van der Waals surface area contributed by atoms with Gasteiger partial charge in [0.2, 0.25) is 0 Å². The Hall–Kier alpha value is -3.87. The molecule has 3 heteroatoms. The van der Waals surface area contributed by atoms with Crippen molar-refractivity contribution in [2.75, 3.05) is 23.9 Å². The zero-order chi connectivity index (χ0) is 27.4. The molecule has 0 atom stereocenters. The van der Waals surface area contributed by atoms with Gasteiger partial charge in [0.25, 0.3) is 0 Å². The molecule has 6 aromatic rings. The minimum absolute atomic E-state index is 0. The Labute approximate surface area is 257 Å². The van der Waals surface area contributed by atoms with Crippen LogP contribution >= 0.6 is 0 Å². The predicted octanol–water partition coefficient (Wildman–Crippen LogP) is 9.13. The summed E-state index contributed by atoms with van der Waals surface area (Å²) in [5, 5.41) is 4.98. The largest absolute Gasteiger partial charge is 4.00 e. The normalized spacial score (nSPS) is 12.9. The third-order valence-electron chi connectivity index (χ3n) is 8.08. The number of hydrogen-bond donors (Lipinski definition) is 0. The predicted molar refractivity (Wildman–Crippen MR) is 170 cm³/mol. The average molecular weight is 712 g/mol. The average Bonchev–Trinajstić information content (AvgIpc) is 2.94. The van der Waals surface area contributed by atoms with Crippen molar-refractivity contribution in [3.63, 3.8) is 0 Å². The topological polar surface area (TPSA) is 6.48 Å². The molecule has 1 heterocycles. The van der Waals surface area contributed by atoms with E-state index in [0.29, 0.717) is 0 Å². The summed E-state index contributed by atoms with van der Waals surface area (Å²) in [6, 6.07) is 43.3. The van der Waals surface area contributed by atoms with Gasteiger partial charge < -0.3 is 9.80 Å². The van der Waals surface area contributed by atoms with Crippen LogP contribution in [-0.2, 0) is 34.2 Å². The van der Waals surface area contributed by atoms with E-state index >= 15 is 0 Å². The second-order valence-corrected chi connectivity index (χ2v) is 11.3. The summed E-state index contributed by atoms with van der Waals surface area (Å²) in [6.45, 7) is 5.91. The van der Waals surface area contributed by atoms with Crippen LogP contribution in [0.25, 0.3) is 43.8 Å². The van der Waals surface area contributed by atoms with Gasteiger partial charge in [-0.2, -0.15) is 0 Å². The van der Waals surface area contributed by atoms with Crippen molar-refractivity contribution >= 4 is 32.9 Å². The smallest absolute Gasteiger partial charge is 0.379 e. The third kappa shape index (κ3) is 5.18. The Morgan fingerprint density at radius 1 is 0.512 bits per heavy atom. The zero-order valence-electron chi connectivity index (χ0n) is 23.9. The van der Waals surface area contributed by atoms with E-state index in [0.717, 1.165) is 24.2 Å². The molecule has 0 aliphatic carbocycles. The maximum atomic E-state index is 3.82. The van der Waals surface area contributed by atoms with Gasteiger partial charge >= 0.3 is 21.1 Å². The SMILES string of the molecule is Cc1cc2[c-]c(c1)-c1cc3ccccc3cc1N(C)Cc1[c-]c(cc(C)c1)-c1cc3ccccc3cc1N(C)C2.[Pt+4]. The summed E-state index contributed by atoms with van der Waals surface area (Å²) in [4.78, 5) is 4.73. The zero-order valence-corrected chi connectivity index (χ0v) is 26.1. The van der Waals surface area contributed by atoms with Gasteiger partial charge in [0.1, 0.15) is 0 Å². The molecule has 0 saturated carbocycles.